The summed E-state index contributed by atoms with van der Waals surface area (Å²) < 4.78 is 5.86. The quantitative estimate of drug-likeness (QED) is 0.682. The Balaban J connectivity index is 0.00000225. The van der Waals surface area contributed by atoms with Gasteiger partial charge in [0, 0.05) is 23.2 Å². The van der Waals surface area contributed by atoms with Crippen molar-refractivity contribution in [1.82, 2.24) is 5.32 Å². The van der Waals surface area contributed by atoms with Crippen LogP contribution in [0.25, 0.3) is 11.0 Å². The molecule has 0 aliphatic rings. The predicted molar refractivity (Wildman–Crippen MR) is 105 cm³/mol. The van der Waals surface area contributed by atoms with E-state index in [9.17, 15) is 4.79 Å². The number of nitrogens with two attached hydrogens (primary N) is 1. The SMILES string of the molecule is Cc1ccc(C)c2c(C)c(C(=O)NCCc3ccc(N)cc3)oc12.Cl. The summed E-state index contributed by atoms with van der Waals surface area (Å²) in [5.74, 6) is 0.234. The fraction of sp³-hybridized carbons (Fsp3) is 0.250. The number of furan rings is 1. The van der Waals surface area contributed by atoms with Crippen molar-refractivity contribution in [2.75, 3.05) is 12.3 Å². The predicted octanol–water partition coefficient (Wildman–Crippen LogP) is 4.33. The molecule has 0 aliphatic heterocycles. The lowest BCUT2D eigenvalue weighted by atomic mass is 10.0. The first-order chi connectivity index (χ1) is 11.5. The van der Waals surface area contributed by atoms with Crippen LogP contribution >= 0.6 is 12.4 Å². The Morgan fingerprint density at radius 1 is 1.04 bits per heavy atom. The van der Waals surface area contributed by atoms with Crippen LogP contribution in [0, 0.1) is 20.8 Å². The Morgan fingerprint density at radius 3 is 2.32 bits per heavy atom. The zero-order valence-corrected chi connectivity index (χ0v) is 15.5. The third kappa shape index (κ3) is 3.80. The molecule has 0 saturated carbocycles. The number of fused-ring (bicyclic) bond motifs is 1. The van der Waals surface area contributed by atoms with E-state index in [0.29, 0.717) is 12.3 Å². The van der Waals surface area contributed by atoms with Gasteiger partial charge in [0.1, 0.15) is 5.58 Å². The molecule has 3 N–H and O–H groups in total. The molecule has 1 amide bonds. The number of nitrogens with one attached hydrogen (secondary N) is 1. The molecule has 4 nitrogen and oxygen atoms in total. The van der Waals surface area contributed by atoms with Crippen molar-refractivity contribution >= 4 is 35.0 Å². The minimum Gasteiger partial charge on any atom is -0.450 e. The van der Waals surface area contributed by atoms with E-state index < -0.39 is 0 Å². The molecule has 25 heavy (non-hydrogen) atoms. The maximum Gasteiger partial charge on any atom is 0.287 e. The molecule has 0 aliphatic carbocycles. The molecule has 0 fully saturated rings. The zero-order valence-electron chi connectivity index (χ0n) is 14.7. The summed E-state index contributed by atoms with van der Waals surface area (Å²) >= 11 is 0. The number of nitrogen functional groups attached to an aromatic ring is 1. The van der Waals surface area contributed by atoms with Crippen molar-refractivity contribution in [2.24, 2.45) is 0 Å². The average molecular weight is 359 g/mol. The molecule has 0 atom stereocenters. The molecule has 1 heterocycles. The van der Waals surface area contributed by atoms with Gasteiger partial charge in [-0.3, -0.25) is 4.79 Å². The number of aryl methyl sites for hydroxylation is 3. The highest BCUT2D eigenvalue weighted by Crippen LogP contribution is 2.30. The van der Waals surface area contributed by atoms with Gasteiger partial charge in [0.05, 0.1) is 0 Å². The maximum absolute atomic E-state index is 12.5. The molecule has 0 radical (unpaired) electrons. The molecule has 0 spiro atoms. The van der Waals surface area contributed by atoms with E-state index in [2.05, 4.69) is 11.4 Å². The molecular formula is C20H23ClN2O2. The summed E-state index contributed by atoms with van der Waals surface area (Å²) in [5.41, 5.74) is 11.4. The Bertz CT molecular complexity index is 898. The van der Waals surface area contributed by atoms with Crippen LogP contribution in [-0.4, -0.2) is 12.5 Å². The molecule has 2 aromatic carbocycles. The highest BCUT2D eigenvalue weighted by Gasteiger charge is 2.19. The first kappa shape index (κ1) is 18.9. The number of benzene rings is 2. The van der Waals surface area contributed by atoms with E-state index in [1.54, 1.807) is 0 Å². The topological polar surface area (TPSA) is 68.3 Å². The number of hydrogen-bond acceptors (Lipinski definition) is 3. The Kier molecular flexibility index (Phi) is 5.75. The Labute approximate surface area is 153 Å². The van der Waals surface area contributed by atoms with Gasteiger partial charge >= 0.3 is 0 Å². The summed E-state index contributed by atoms with van der Waals surface area (Å²) in [4.78, 5) is 12.5. The minimum absolute atomic E-state index is 0. The molecule has 1 aromatic heterocycles. The van der Waals surface area contributed by atoms with Crippen molar-refractivity contribution in [2.45, 2.75) is 27.2 Å². The highest BCUT2D eigenvalue weighted by atomic mass is 35.5. The average Bonchev–Trinajstić information content (AvgIpc) is 2.92. The molecule has 0 unspecified atom stereocenters. The number of amides is 1. The summed E-state index contributed by atoms with van der Waals surface area (Å²) in [6, 6.07) is 11.8. The van der Waals surface area contributed by atoms with E-state index >= 15 is 0 Å². The van der Waals surface area contributed by atoms with Crippen molar-refractivity contribution in [1.29, 1.82) is 0 Å². The number of rotatable bonds is 4. The van der Waals surface area contributed by atoms with Gasteiger partial charge in [-0.1, -0.05) is 24.3 Å². The van der Waals surface area contributed by atoms with Crippen LogP contribution in [0.15, 0.2) is 40.8 Å². The van der Waals surface area contributed by atoms with Gasteiger partial charge in [-0.2, -0.15) is 0 Å². The lowest BCUT2D eigenvalue weighted by Gasteiger charge is -2.04. The highest BCUT2D eigenvalue weighted by molar-refractivity contribution is 6.00. The number of halogens is 1. The monoisotopic (exact) mass is 358 g/mol. The van der Waals surface area contributed by atoms with Crippen LogP contribution in [0.3, 0.4) is 0 Å². The van der Waals surface area contributed by atoms with E-state index in [1.807, 2.05) is 51.1 Å². The fourth-order valence-corrected chi connectivity index (χ4v) is 2.98. The van der Waals surface area contributed by atoms with Crippen LogP contribution in [-0.2, 0) is 6.42 Å². The van der Waals surface area contributed by atoms with Crippen LogP contribution < -0.4 is 11.1 Å². The van der Waals surface area contributed by atoms with Gasteiger partial charge in [0.25, 0.3) is 5.91 Å². The molecule has 3 rings (SSSR count). The lowest BCUT2D eigenvalue weighted by Crippen LogP contribution is -2.25. The summed E-state index contributed by atoms with van der Waals surface area (Å²) in [5, 5.41) is 3.98. The third-order valence-electron chi connectivity index (χ3n) is 4.37. The van der Waals surface area contributed by atoms with Crippen molar-refractivity contribution < 1.29 is 9.21 Å². The molecule has 0 bridgehead atoms. The van der Waals surface area contributed by atoms with Crippen molar-refractivity contribution in [3.05, 3.63) is 64.4 Å². The van der Waals surface area contributed by atoms with Gasteiger partial charge in [-0.25, -0.2) is 0 Å². The molecule has 5 heteroatoms. The zero-order chi connectivity index (χ0) is 17.3. The summed E-state index contributed by atoms with van der Waals surface area (Å²) in [6.45, 7) is 6.52. The lowest BCUT2D eigenvalue weighted by molar-refractivity contribution is 0.0928. The number of carbonyl (C=O) groups is 1. The van der Waals surface area contributed by atoms with Crippen molar-refractivity contribution in [3.63, 3.8) is 0 Å². The summed E-state index contributed by atoms with van der Waals surface area (Å²) in [6.07, 6.45) is 0.753. The van der Waals surface area contributed by atoms with Gasteiger partial charge in [-0.05, 0) is 56.0 Å². The second-order valence-corrected chi connectivity index (χ2v) is 6.21. The number of anilines is 1. The van der Waals surface area contributed by atoms with E-state index in [-0.39, 0.29) is 18.3 Å². The largest absolute Gasteiger partial charge is 0.450 e. The molecule has 3 aromatic rings. The summed E-state index contributed by atoms with van der Waals surface area (Å²) in [7, 11) is 0. The maximum atomic E-state index is 12.5. The van der Waals surface area contributed by atoms with Crippen LogP contribution in [0.1, 0.15) is 32.8 Å². The van der Waals surface area contributed by atoms with Gasteiger partial charge in [-0.15, -0.1) is 12.4 Å². The molecule has 132 valence electrons. The van der Waals surface area contributed by atoms with Crippen LogP contribution in [0.2, 0.25) is 0 Å². The Hall–Kier alpha value is -2.46. The van der Waals surface area contributed by atoms with E-state index in [1.165, 1.54) is 0 Å². The van der Waals surface area contributed by atoms with Crippen LogP contribution in [0.4, 0.5) is 5.69 Å². The normalized spacial score (nSPS) is 10.5. The second-order valence-electron chi connectivity index (χ2n) is 6.21. The van der Waals surface area contributed by atoms with E-state index in [0.717, 1.165) is 45.3 Å². The molecule has 0 saturated heterocycles. The van der Waals surface area contributed by atoms with Crippen LogP contribution in [0.5, 0.6) is 0 Å². The standard InChI is InChI=1S/C20H22N2O2.ClH/c1-12-4-5-13(2)18-17(12)14(3)19(24-18)20(23)22-11-10-15-6-8-16(21)9-7-15;/h4-9H,10-11,21H2,1-3H3,(H,22,23);1H. The van der Waals surface area contributed by atoms with E-state index in [4.69, 9.17) is 10.2 Å². The first-order valence-electron chi connectivity index (χ1n) is 8.09. The smallest absolute Gasteiger partial charge is 0.287 e. The third-order valence-corrected chi connectivity index (χ3v) is 4.37. The molecular weight excluding hydrogens is 336 g/mol. The van der Waals surface area contributed by atoms with Gasteiger partial charge < -0.3 is 15.5 Å². The first-order valence-corrected chi connectivity index (χ1v) is 8.09. The number of carbonyl (C=O) groups excluding carboxylic acids is 1. The second kappa shape index (κ2) is 7.62. The minimum atomic E-state index is -0.169. The number of hydrogen-bond donors (Lipinski definition) is 2. The van der Waals surface area contributed by atoms with Crippen molar-refractivity contribution in [3.8, 4) is 0 Å². The van der Waals surface area contributed by atoms with Gasteiger partial charge in [0.15, 0.2) is 5.76 Å². The van der Waals surface area contributed by atoms with Gasteiger partial charge in [0.2, 0.25) is 0 Å². The fourth-order valence-electron chi connectivity index (χ4n) is 2.98. The Morgan fingerprint density at radius 2 is 1.68 bits per heavy atom.